The minimum absolute atomic E-state index is 0.00250. The normalized spacial score (nSPS) is 16.0. The number of para-hydroxylation sites is 1. The smallest absolute Gasteiger partial charge is 0.347 e. The molecular formula is C25H26N4O4. The molecule has 2 aromatic carbocycles. The van der Waals surface area contributed by atoms with Crippen molar-refractivity contribution in [3.8, 4) is 17.2 Å². The van der Waals surface area contributed by atoms with Crippen molar-refractivity contribution in [1.29, 1.82) is 0 Å². The number of amides is 1. The maximum absolute atomic E-state index is 12.7. The van der Waals surface area contributed by atoms with E-state index in [0.29, 0.717) is 31.2 Å². The third kappa shape index (κ3) is 4.41. The molecule has 33 heavy (non-hydrogen) atoms. The van der Waals surface area contributed by atoms with Crippen LogP contribution in [0.1, 0.15) is 29.8 Å². The molecule has 0 bridgehead atoms. The van der Waals surface area contributed by atoms with Gasteiger partial charge in [0.25, 0.3) is 0 Å². The van der Waals surface area contributed by atoms with Crippen molar-refractivity contribution in [3.05, 3.63) is 76.0 Å². The highest BCUT2D eigenvalue weighted by Gasteiger charge is 2.24. The minimum Gasteiger partial charge on any atom is -0.454 e. The lowest BCUT2D eigenvalue weighted by Crippen LogP contribution is -2.38. The fraction of sp³-hybridized carbons (Fsp3) is 0.320. The molecule has 1 N–H and O–H groups in total. The van der Waals surface area contributed by atoms with Gasteiger partial charge < -0.3 is 14.4 Å². The molecule has 1 aromatic heterocycles. The number of piperidine rings is 1. The van der Waals surface area contributed by atoms with Gasteiger partial charge in [-0.1, -0.05) is 24.3 Å². The van der Waals surface area contributed by atoms with Crippen LogP contribution in [0.5, 0.6) is 11.5 Å². The standard InChI is InChI=1S/C25H26N4O4/c1-17-4-2-3-5-20(17)29-23(26-27-25(29)31)15-19-10-12-28(13-11-19)24(30)9-7-18-6-8-21-22(14-18)33-16-32-21/h2-9,14,19H,10-13,15-16H2,1H3,(H,27,31)/b9-7-. The second-order valence-corrected chi connectivity index (χ2v) is 8.49. The zero-order valence-corrected chi connectivity index (χ0v) is 18.5. The predicted octanol–water partition coefficient (Wildman–Crippen LogP) is 3.09. The molecule has 2 aliphatic heterocycles. The quantitative estimate of drug-likeness (QED) is 0.609. The van der Waals surface area contributed by atoms with E-state index in [0.717, 1.165) is 41.2 Å². The van der Waals surface area contributed by atoms with E-state index in [-0.39, 0.29) is 18.4 Å². The zero-order chi connectivity index (χ0) is 22.8. The molecule has 0 radical (unpaired) electrons. The Kier molecular flexibility index (Phi) is 5.73. The van der Waals surface area contributed by atoms with Crippen LogP contribution in [0.4, 0.5) is 0 Å². The van der Waals surface area contributed by atoms with Crippen molar-refractivity contribution >= 4 is 12.0 Å². The Balaban J connectivity index is 1.19. The highest BCUT2D eigenvalue weighted by molar-refractivity contribution is 5.92. The molecule has 8 nitrogen and oxygen atoms in total. The molecular weight excluding hydrogens is 420 g/mol. The number of likely N-dealkylation sites (tertiary alicyclic amines) is 1. The molecule has 0 spiro atoms. The Labute approximate surface area is 191 Å². The Morgan fingerprint density at radius 1 is 1.15 bits per heavy atom. The summed E-state index contributed by atoms with van der Waals surface area (Å²) in [6, 6.07) is 13.4. The van der Waals surface area contributed by atoms with Crippen molar-refractivity contribution in [2.24, 2.45) is 5.92 Å². The van der Waals surface area contributed by atoms with E-state index in [9.17, 15) is 9.59 Å². The fourth-order valence-electron chi connectivity index (χ4n) is 4.43. The van der Waals surface area contributed by atoms with Gasteiger partial charge in [0.1, 0.15) is 5.82 Å². The topological polar surface area (TPSA) is 89.4 Å². The van der Waals surface area contributed by atoms with E-state index in [1.165, 1.54) is 0 Å². The number of nitrogens with one attached hydrogen (secondary N) is 1. The Bertz CT molecular complexity index is 1250. The predicted molar refractivity (Wildman–Crippen MR) is 124 cm³/mol. The van der Waals surface area contributed by atoms with Gasteiger partial charge in [-0.2, -0.15) is 5.10 Å². The van der Waals surface area contributed by atoms with E-state index < -0.39 is 0 Å². The molecule has 0 saturated carbocycles. The van der Waals surface area contributed by atoms with Gasteiger partial charge in [0.15, 0.2) is 11.5 Å². The number of carbonyl (C=O) groups excluding carboxylic acids is 1. The molecule has 170 valence electrons. The van der Waals surface area contributed by atoms with Crippen LogP contribution in [0.15, 0.2) is 53.3 Å². The number of hydrogen-bond donors (Lipinski definition) is 1. The number of H-pyrrole nitrogens is 1. The number of hydrogen-bond acceptors (Lipinski definition) is 5. The molecule has 0 unspecified atom stereocenters. The van der Waals surface area contributed by atoms with Gasteiger partial charge in [-0.3, -0.25) is 4.79 Å². The fourth-order valence-corrected chi connectivity index (χ4v) is 4.43. The number of nitrogens with zero attached hydrogens (tertiary/aromatic N) is 3. The van der Waals surface area contributed by atoms with E-state index in [4.69, 9.17) is 9.47 Å². The summed E-state index contributed by atoms with van der Waals surface area (Å²) in [5, 5.41) is 6.88. The van der Waals surface area contributed by atoms with Crippen LogP contribution in [0, 0.1) is 12.8 Å². The van der Waals surface area contributed by atoms with Crippen molar-refractivity contribution in [1.82, 2.24) is 19.7 Å². The molecule has 3 heterocycles. The van der Waals surface area contributed by atoms with Crippen molar-refractivity contribution in [2.45, 2.75) is 26.2 Å². The lowest BCUT2D eigenvalue weighted by atomic mass is 9.93. The number of aromatic nitrogens is 3. The number of rotatable bonds is 5. The first-order valence-corrected chi connectivity index (χ1v) is 11.2. The number of carbonyl (C=O) groups is 1. The summed E-state index contributed by atoms with van der Waals surface area (Å²) in [7, 11) is 0. The summed E-state index contributed by atoms with van der Waals surface area (Å²) in [5.74, 6) is 2.53. The Morgan fingerprint density at radius 2 is 1.94 bits per heavy atom. The number of benzene rings is 2. The van der Waals surface area contributed by atoms with Crippen molar-refractivity contribution < 1.29 is 14.3 Å². The number of fused-ring (bicyclic) bond motifs is 1. The Hall–Kier alpha value is -3.81. The maximum atomic E-state index is 12.7. The first-order valence-electron chi connectivity index (χ1n) is 11.2. The highest BCUT2D eigenvalue weighted by atomic mass is 16.7. The van der Waals surface area contributed by atoms with E-state index in [1.54, 1.807) is 16.7 Å². The molecule has 8 heteroatoms. The van der Waals surface area contributed by atoms with Gasteiger partial charge in [-0.25, -0.2) is 14.5 Å². The molecule has 0 aliphatic carbocycles. The van der Waals surface area contributed by atoms with Crippen LogP contribution in [-0.2, 0) is 11.2 Å². The molecule has 1 fully saturated rings. The molecule has 5 rings (SSSR count). The van der Waals surface area contributed by atoms with Crippen molar-refractivity contribution in [3.63, 3.8) is 0 Å². The van der Waals surface area contributed by atoms with E-state index >= 15 is 0 Å². The van der Waals surface area contributed by atoms with Crippen LogP contribution < -0.4 is 15.2 Å². The van der Waals surface area contributed by atoms with Crippen LogP contribution in [0.2, 0.25) is 0 Å². The summed E-state index contributed by atoms with van der Waals surface area (Å²) < 4.78 is 12.4. The number of aromatic amines is 1. The summed E-state index contributed by atoms with van der Waals surface area (Å²) in [4.78, 5) is 26.9. The lowest BCUT2D eigenvalue weighted by Gasteiger charge is -2.31. The third-order valence-corrected chi connectivity index (χ3v) is 6.31. The molecule has 1 saturated heterocycles. The van der Waals surface area contributed by atoms with Crippen LogP contribution in [0.25, 0.3) is 11.8 Å². The number of ether oxygens (including phenoxy) is 2. The van der Waals surface area contributed by atoms with Crippen molar-refractivity contribution in [2.75, 3.05) is 19.9 Å². The highest BCUT2D eigenvalue weighted by Crippen LogP contribution is 2.32. The summed E-state index contributed by atoms with van der Waals surface area (Å²) in [5.41, 5.74) is 2.56. The molecule has 3 aromatic rings. The van der Waals surface area contributed by atoms with Crippen LogP contribution in [-0.4, -0.2) is 45.5 Å². The van der Waals surface area contributed by atoms with Crippen LogP contribution >= 0.6 is 0 Å². The lowest BCUT2D eigenvalue weighted by molar-refractivity contribution is -0.127. The van der Waals surface area contributed by atoms with Gasteiger partial charge >= 0.3 is 5.69 Å². The summed E-state index contributed by atoms with van der Waals surface area (Å²) in [6.45, 7) is 3.59. The minimum atomic E-state index is -0.222. The first kappa shape index (κ1) is 21.1. The average Bonchev–Trinajstić information content (AvgIpc) is 3.44. The Morgan fingerprint density at radius 3 is 2.76 bits per heavy atom. The van der Waals surface area contributed by atoms with Gasteiger partial charge in [-0.15, -0.1) is 0 Å². The summed E-state index contributed by atoms with van der Waals surface area (Å²) in [6.07, 6.45) is 5.86. The third-order valence-electron chi connectivity index (χ3n) is 6.31. The van der Waals surface area contributed by atoms with E-state index in [2.05, 4.69) is 10.2 Å². The monoisotopic (exact) mass is 446 g/mol. The second-order valence-electron chi connectivity index (χ2n) is 8.49. The average molecular weight is 447 g/mol. The van der Waals surface area contributed by atoms with Gasteiger partial charge in [0.05, 0.1) is 5.69 Å². The second kappa shape index (κ2) is 8.97. The van der Waals surface area contributed by atoms with Gasteiger partial charge in [0.2, 0.25) is 12.7 Å². The SMILES string of the molecule is Cc1ccccc1-n1c(CC2CCN(C(=O)/C=C\c3ccc4c(c3)OCO4)CC2)n[nH]c1=O. The number of aryl methyl sites for hydroxylation is 1. The molecule has 0 atom stereocenters. The van der Waals surface area contributed by atoms with Crippen LogP contribution in [0.3, 0.4) is 0 Å². The zero-order valence-electron chi connectivity index (χ0n) is 18.5. The van der Waals surface area contributed by atoms with Gasteiger partial charge in [-0.05, 0) is 61.1 Å². The van der Waals surface area contributed by atoms with E-state index in [1.807, 2.05) is 54.3 Å². The summed E-state index contributed by atoms with van der Waals surface area (Å²) >= 11 is 0. The largest absolute Gasteiger partial charge is 0.454 e. The maximum Gasteiger partial charge on any atom is 0.347 e. The van der Waals surface area contributed by atoms with Gasteiger partial charge in [0, 0.05) is 25.6 Å². The molecule has 2 aliphatic rings. The molecule has 1 amide bonds. The first-order chi connectivity index (χ1) is 16.1.